The zero-order chi connectivity index (χ0) is 15.9. The van der Waals surface area contributed by atoms with E-state index < -0.39 is 0 Å². The van der Waals surface area contributed by atoms with Gasteiger partial charge in [-0.15, -0.1) is 0 Å². The maximum atomic E-state index is 12.7. The van der Waals surface area contributed by atoms with Crippen LogP contribution in [0, 0.1) is 0 Å². The normalized spacial score (nSPS) is 18.7. The smallest absolute Gasteiger partial charge is 0.268 e. The van der Waals surface area contributed by atoms with E-state index in [0.29, 0.717) is 5.69 Å². The second-order valence-corrected chi connectivity index (χ2v) is 6.63. The molecule has 3 heteroatoms. The average molecular weight is 306 g/mol. The molecule has 1 heterocycles. The summed E-state index contributed by atoms with van der Waals surface area (Å²) in [5.74, 6) is -0.00313. The van der Waals surface area contributed by atoms with E-state index in [2.05, 4.69) is 53.7 Å². The Morgan fingerprint density at radius 1 is 1.26 bits per heavy atom. The molecule has 23 heavy (non-hydrogen) atoms. The Labute approximate surface area is 136 Å². The van der Waals surface area contributed by atoms with Crippen molar-refractivity contribution in [2.45, 2.75) is 44.6 Å². The van der Waals surface area contributed by atoms with Gasteiger partial charge in [-0.25, -0.2) is 0 Å². The van der Waals surface area contributed by atoms with Crippen molar-refractivity contribution < 1.29 is 4.79 Å². The number of hydrogen-bond donors (Lipinski definition) is 2. The third kappa shape index (κ3) is 2.61. The molecule has 0 aliphatic heterocycles. The fraction of sp³-hybridized carbons (Fsp3) is 0.350. The number of benzene rings is 1. The quantitative estimate of drug-likeness (QED) is 0.870. The molecule has 118 valence electrons. The van der Waals surface area contributed by atoms with Crippen LogP contribution in [0.15, 0.2) is 48.1 Å². The van der Waals surface area contributed by atoms with Crippen LogP contribution in [0.5, 0.6) is 0 Å². The number of aromatic nitrogens is 1. The number of fused-ring (bicyclic) bond motifs is 1. The Kier molecular flexibility index (Phi) is 3.37. The molecule has 1 saturated carbocycles. The largest absolute Gasteiger partial charge is 0.351 e. The van der Waals surface area contributed by atoms with Crippen LogP contribution in [0.1, 0.15) is 48.7 Å². The second-order valence-electron chi connectivity index (χ2n) is 6.63. The first kappa shape index (κ1) is 14.3. The first-order valence-corrected chi connectivity index (χ1v) is 8.51. The lowest BCUT2D eigenvalue weighted by Crippen LogP contribution is -2.38. The van der Waals surface area contributed by atoms with Gasteiger partial charge in [0.1, 0.15) is 5.69 Å². The topological polar surface area (TPSA) is 44.9 Å². The molecule has 0 atom stereocenters. The number of H-pyrrole nitrogens is 1. The highest BCUT2D eigenvalue weighted by Crippen LogP contribution is 2.44. The predicted molar refractivity (Wildman–Crippen MR) is 93.6 cm³/mol. The fourth-order valence-electron chi connectivity index (χ4n) is 3.39. The minimum Gasteiger partial charge on any atom is -0.351 e. The summed E-state index contributed by atoms with van der Waals surface area (Å²) in [6.45, 7) is 2.14. The molecule has 2 aromatic rings. The first-order valence-electron chi connectivity index (χ1n) is 8.51. The second kappa shape index (κ2) is 5.41. The zero-order valence-electron chi connectivity index (χ0n) is 13.5. The van der Waals surface area contributed by atoms with Crippen LogP contribution in [0.25, 0.3) is 10.9 Å². The van der Waals surface area contributed by atoms with Gasteiger partial charge in [-0.05, 0) is 61.4 Å². The lowest BCUT2D eigenvalue weighted by molar-refractivity contribution is 0.0934. The number of amides is 1. The van der Waals surface area contributed by atoms with E-state index in [4.69, 9.17) is 0 Å². The van der Waals surface area contributed by atoms with Crippen molar-refractivity contribution in [2.75, 3.05) is 0 Å². The molecule has 2 N–H and O–H groups in total. The van der Waals surface area contributed by atoms with Gasteiger partial charge >= 0.3 is 0 Å². The Morgan fingerprint density at radius 2 is 2.13 bits per heavy atom. The van der Waals surface area contributed by atoms with Crippen LogP contribution in [-0.2, 0) is 6.42 Å². The molecule has 0 radical (unpaired) electrons. The summed E-state index contributed by atoms with van der Waals surface area (Å²) < 4.78 is 0. The molecule has 2 aliphatic carbocycles. The van der Waals surface area contributed by atoms with Crippen molar-refractivity contribution in [1.29, 1.82) is 0 Å². The monoisotopic (exact) mass is 306 g/mol. The Morgan fingerprint density at radius 3 is 2.83 bits per heavy atom. The van der Waals surface area contributed by atoms with Crippen LogP contribution in [0.4, 0.5) is 0 Å². The van der Waals surface area contributed by atoms with E-state index in [1.54, 1.807) is 0 Å². The average Bonchev–Trinajstić information content (AvgIpc) is 3.24. The summed E-state index contributed by atoms with van der Waals surface area (Å²) in [4.78, 5) is 15.9. The molecule has 1 aromatic carbocycles. The molecule has 0 unspecified atom stereocenters. The zero-order valence-corrected chi connectivity index (χ0v) is 13.5. The van der Waals surface area contributed by atoms with Crippen molar-refractivity contribution in [1.82, 2.24) is 10.3 Å². The number of nitrogens with one attached hydrogen (secondary N) is 2. The Hall–Kier alpha value is -2.29. The van der Waals surface area contributed by atoms with E-state index in [1.165, 1.54) is 11.1 Å². The summed E-state index contributed by atoms with van der Waals surface area (Å²) in [6.07, 6.45) is 11.9. The van der Waals surface area contributed by atoms with Crippen LogP contribution in [0.2, 0.25) is 0 Å². The lowest BCUT2D eigenvalue weighted by Gasteiger charge is -2.20. The summed E-state index contributed by atoms with van der Waals surface area (Å²) in [7, 11) is 0. The highest BCUT2D eigenvalue weighted by Gasteiger charge is 2.46. The Balaban J connectivity index is 1.57. The summed E-state index contributed by atoms with van der Waals surface area (Å²) in [6, 6.07) is 8.29. The third-order valence-corrected chi connectivity index (χ3v) is 4.99. The number of allylic oxidation sites excluding steroid dienone is 2. The van der Waals surface area contributed by atoms with Gasteiger partial charge in [0.25, 0.3) is 5.91 Å². The van der Waals surface area contributed by atoms with Gasteiger partial charge in [-0.3, -0.25) is 4.79 Å². The van der Waals surface area contributed by atoms with Gasteiger partial charge in [0, 0.05) is 10.9 Å². The molecule has 3 nitrogen and oxygen atoms in total. The minimum atomic E-state index is -0.125. The first-order chi connectivity index (χ1) is 11.2. The van der Waals surface area contributed by atoms with Crippen LogP contribution in [-0.4, -0.2) is 16.4 Å². The van der Waals surface area contributed by atoms with Crippen molar-refractivity contribution in [2.24, 2.45) is 0 Å². The fourth-order valence-corrected chi connectivity index (χ4v) is 3.39. The van der Waals surface area contributed by atoms with E-state index >= 15 is 0 Å². The Bertz CT molecular complexity index is 821. The molecule has 1 aromatic heterocycles. The van der Waals surface area contributed by atoms with Crippen molar-refractivity contribution in [3.63, 3.8) is 0 Å². The molecule has 4 rings (SSSR count). The van der Waals surface area contributed by atoms with E-state index in [9.17, 15) is 4.79 Å². The van der Waals surface area contributed by atoms with Crippen LogP contribution >= 0.6 is 0 Å². The summed E-state index contributed by atoms with van der Waals surface area (Å²) in [5, 5.41) is 4.36. The molecule has 2 aliphatic rings. The van der Waals surface area contributed by atoms with Crippen LogP contribution in [0.3, 0.4) is 0 Å². The van der Waals surface area contributed by atoms with Crippen LogP contribution < -0.4 is 5.32 Å². The summed E-state index contributed by atoms with van der Waals surface area (Å²) >= 11 is 0. The molecule has 0 saturated heterocycles. The molecule has 0 spiro atoms. The number of aryl methyl sites for hydroxylation is 1. The highest BCUT2D eigenvalue weighted by molar-refractivity contribution is 5.99. The predicted octanol–water partition coefficient (Wildman–Crippen LogP) is 4.27. The molecular weight excluding hydrogens is 284 g/mol. The van der Waals surface area contributed by atoms with Crippen molar-refractivity contribution in [3.05, 3.63) is 59.3 Å². The minimum absolute atomic E-state index is 0.00313. The molecule has 0 bridgehead atoms. The molecular formula is C20H22N2O. The van der Waals surface area contributed by atoms with Gasteiger partial charge in [0.15, 0.2) is 0 Å². The van der Waals surface area contributed by atoms with Gasteiger partial charge in [-0.1, -0.05) is 31.2 Å². The van der Waals surface area contributed by atoms with Gasteiger partial charge < -0.3 is 10.3 Å². The molecule has 1 amide bonds. The van der Waals surface area contributed by atoms with Gasteiger partial charge in [0.05, 0.1) is 5.54 Å². The highest BCUT2D eigenvalue weighted by atomic mass is 16.2. The molecule has 1 fully saturated rings. The van der Waals surface area contributed by atoms with E-state index in [0.717, 1.165) is 43.0 Å². The van der Waals surface area contributed by atoms with Gasteiger partial charge in [-0.2, -0.15) is 0 Å². The van der Waals surface area contributed by atoms with Crippen molar-refractivity contribution in [3.8, 4) is 0 Å². The van der Waals surface area contributed by atoms with Crippen molar-refractivity contribution >= 4 is 16.8 Å². The van der Waals surface area contributed by atoms with E-state index in [-0.39, 0.29) is 11.4 Å². The number of aromatic amines is 1. The number of rotatable bonds is 4. The van der Waals surface area contributed by atoms with Gasteiger partial charge in [0.2, 0.25) is 0 Å². The van der Waals surface area contributed by atoms with E-state index in [1.807, 2.05) is 6.07 Å². The standard InChI is InChI=1S/C20H22N2O/c1-2-14-8-9-17-15(12-14)13-18(21-17)19(23)22-20(10-11-20)16-6-4-3-5-7-16/h4,6-9,12-13,21H,2-3,5,10-11H2,1H3,(H,22,23). The number of carbonyl (C=O) groups is 1. The number of hydrogen-bond acceptors (Lipinski definition) is 1. The SMILES string of the molecule is CCc1ccc2[nH]c(C(=O)NC3(C4=CCCC=C4)CC3)cc2c1. The number of carbonyl (C=O) groups excluding carboxylic acids is 1. The summed E-state index contributed by atoms with van der Waals surface area (Å²) in [5.41, 5.74) is 4.12. The third-order valence-electron chi connectivity index (χ3n) is 4.99. The maximum Gasteiger partial charge on any atom is 0.268 e. The maximum absolute atomic E-state index is 12.7. The lowest BCUT2D eigenvalue weighted by atomic mass is 9.98.